The van der Waals surface area contributed by atoms with Crippen LogP contribution in [0.4, 0.5) is 4.39 Å². The van der Waals surface area contributed by atoms with Crippen molar-refractivity contribution in [3.63, 3.8) is 0 Å². The number of nitrogens with one attached hydrogen (secondary N) is 1. The molecule has 0 unspecified atom stereocenters. The zero-order valence-corrected chi connectivity index (χ0v) is 13.9. The third-order valence-corrected chi connectivity index (χ3v) is 4.37. The number of benzene rings is 2. The minimum absolute atomic E-state index is 0.154. The minimum atomic E-state index is -0.154. The molecule has 0 amide bonds. The van der Waals surface area contributed by atoms with Crippen molar-refractivity contribution in [3.8, 4) is 0 Å². The molecule has 0 fully saturated rings. The Morgan fingerprint density at radius 3 is 2.65 bits per heavy atom. The molecule has 0 bridgehead atoms. The van der Waals surface area contributed by atoms with Gasteiger partial charge < -0.3 is 5.32 Å². The van der Waals surface area contributed by atoms with Gasteiger partial charge in [-0.15, -0.1) is 0 Å². The van der Waals surface area contributed by atoms with Crippen LogP contribution < -0.4 is 5.32 Å². The van der Waals surface area contributed by atoms with Gasteiger partial charge in [0, 0.05) is 32.4 Å². The van der Waals surface area contributed by atoms with E-state index in [1.165, 1.54) is 6.07 Å². The Bertz CT molecular complexity index is 586. The van der Waals surface area contributed by atoms with Gasteiger partial charge in [-0.3, -0.25) is 0 Å². The van der Waals surface area contributed by atoms with E-state index in [2.05, 4.69) is 35.1 Å². The van der Waals surface area contributed by atoms with Gasteiger partial charge >= 0.3 is 0 Å². The van der Waals surface area contributed by atoms with Crippen molar-refractivity contribution in [1.29, 1.82) is 0 Å². The molecular formula is C16H17BrFNS. The van der Waals surface area contributed by atoms with E-state index in [0.29, 0.717) is 12.6 Å². The number of halogens is 2. The van der Waals surface area contributed by atoms with Crippen LogP contribution in [0.2, 0.25) is 0 Å². The van der Waals surface area contributed by atoms with Gasteiger partial charge in [-0.1, -0.05) is 53.7 Å². The molecule has 0 aromatic heterocycles. The minimum Gasteiger partial charge on any atom is -0.310 e. The average molecular weight is 354 g/mol. The van der Waals surface area contributed by atoms with Crippen LogP contribution in [0.3, 0.4) is 0 Å². The topological polar surface area (TPSA) is 12.0 Å². The normalized spacial score (nSPS) is 11.1. The van der Waals surface area contributed by atoms with E-state index < -0.39 is 0 Å². The predicted molar refractivity (Wildman–Crippen MR) is 86.6 cm³/mol. The molecule has 0 radical (unpaired) electrons. The molecule has 106 valence electrons. The lowest BCUT2D eigenvalue weighted by atomic mass is 10.2. The first-order valence-electron chi connectivity index (χ1n) is 6.50. The van der Waals surface area contributed by atoms with E-state index in [0.717, 1.165) is 19.8 Å². The van der Waals surface area contributed by atoms with Crippen molar-refractivity contribution in [2.75, 3.05) is 0 Å². The summed E-state index contributed by atoms with van der Waals surface area (Å²) in [5.74, 6) is -0.154. The number of rotatable bonds is 5. The molecule has 0 atom stereocenters. The van der Waals surface area contributed by atoms with Gasteiger partial charge in [0.05, 0.1) is 0 Å². The molecule has 0 heterocycles. The first-order valence-corrected chi connectivity index (χ1v) is 8.11. The number of hydrogen-bond donors (Lipinski definition) is 1. The van der Waals surface area contributed by atoms with Crippen LogP contribution in [0.15, 0.2) is 56.7 Å². The van der Waals surface area contributed by atoms with Gasteiger partial charge in [0.15, 0.2) is 0 Å². The fourth-order valence-electron chi connectivity index (χ4n) is 1.77. The Morgan fingerprint density at radius 2 is 1.95 bits per heavy atom. The highest BCUT2D eigenvalue weighted by molar-refractivity contribution is 9.10. The zero-order chi connectivity index (χ0) is 14.5. The second-order valence-corrected chi connectivity index (χ2v) is 6.84. The zero-order valence-electron chi connectivity index (χ0n) is 11.5. The molecule has 4 heteroatoms. The summed E-state index contributed by atoms with van der Waals surface area (Å²) in [7, 11) is 0. The first-order chi connectivity index (χ1) is 9.56. The summed E-state index contributed by atoms with van der Waals surface area (Å²) >= 11 is 5.04. The summed E-state index contributed by atoms with van der Waals surface area (Å²) in [6.07, 6.45) is 0. The van der Waals surface area contributed by atoms with E-state index in [-0.39, 0.29) is 5.82 Å². The highest BCUT2D eigenvalue weighted by Crippen LogP contribution is 2.32. The first kappa shape index (κ1) is 15.5. The molecule has 2 aromatic rings. The maximum Gasteiger partial charge on any atom is 0.128 e. The molecule has 2 rings (SSSR count). The standard InChI is InChI=1S/C16H17BrFNS/c1-11(2)19-10-14-15(18)7-4-8-16(14)20-13-6-3-5-12(17)9-13/h3-9,11,19H,10H2,1-2H3. The van der Waals surface area contributed by atoms with Crippen LogP contribution in [0.1, 0.15) is 19.4 Å². The molecule has 0 aliphatic heterocycles. The maximum atomic E-state index is 14.0. The number of hydrogen-bond acceptors (Lipinski definition) is 2. The summed E-state index contributed by atoms with van der Waals surface area (Å²) in [6, 6.07) is 13.6. The van der Waals surface area contributed by atoms with Crippen LogP contribution in [-0.2, 0) is 6.54 Å². The van der Waals surface area contributed by atoms with Crippen molar-refractivity contribution in [2.24, 2.45) is 0 Å². The lowest BCUT2D eigenvalue weighted by molar-refractivity contribution is 0.546. The monoisotopic (exact) mass is 353 g/mol. The van der Waals surface area contributed by atoms with E-state index in [1.807, 2.05) is 30.3 Å². The molecule has 2 aromatic carbocycles. The Kier molecular flexibility index (Phi) is 5.64. The SMILES string of the molecule is CC(C)NCc1c(F)cccc1Sc1cccc(Br)c1. The van der Waals surface area contributed by atoms with Gasteiger partial charge in [-0.25, -0.2) is 4.39 Å². The Labute approximate surface area is 132 Å². The molecule has 1 nitrogen and oxygen atoms in total. The van der Waals surface area contributed by atoms with Crippen LogP contribution in [0, 0.1) is 5.82 Å². The van der Waals surface area contributed by atoms with E-state index in [9.17, 15) is 4.39 Å². The molecule has 0 saturated carbocycles. The maximum absolute atomic E-state index is 14.0. The summed E-state index contributed by atoms with van der Waals surface area (Å²) in [4.78, 5) is 2.05. The molecule has 0 aliphatic carbocycles. The highest BCUT2D eigenvalue weighted by atomic mass is 79.9. The largest absolute Gasteiger partial charge is 0.310 e. The van der Waals surface area contributed by atoms with Crippen molar-refractivity contribution in [2.45, 2.75) is 36.2 Å². The molecular weight excluding hydrogens is 337 g/mol. The summed E-state index contributed by atoms with van der Waals surface area (Å²) < 4.78 is 15.0. The third-order valence-electron chi connectivity index (χ3n) is 2.79. The highest BCUT2D eigenvalue weighted by Gasteiger charge is 2.10. The lowest BCUT2D eigenvalue weighted by Gasteiger charge is -2.13. The quantitative estimate of drug-likeness (QED) is 0.788. The van der Waals surface area contributed by atoms with Gasteiger partial charge in [0.1, 0.15) is 5.82 Å². The van der Waals surface area contributed by atoms with Gasteiger partial charge in [-0.05, 0) is 30.3 Å². The summed E-state index contributed by atoms with van der Waals surface area (Å²) in [6.45, 7) is 4.66. The fraction of sp³-hybridized carbons (Fsp3) is 0.250. The van der Waals surface area contributed by atoms with Crippen LogP contribution in [-0.4, -0.2) is 6.04 Å². The van der Waals surface area contributed by atoms with Gasteiger partial charge in [0.2, 0.25) is 0 Å². The summed E-state index contributed by atoms with van der Waals surface area (Å²) in [5.41, 5.74) is 0.728. The van der Waals surface area contributed by atoms with Crippen molar-refractivity contribution < 1.29 is 4.39 Å². The Balaban J connectivity index is 2.24. The second kappa shape index (κ2) is 7.25. The molecule has 20 heavy (non-hydrogen) atoms. The fourth-order valence-corrected chi connectivity index (χ4v) is 3.35. The molecule has 0 saturated heterocycles. The van der Waals surface area contributed by atoms with Crippen LogP contribution >= 0.6 is 27.7 Å². The van der Waals surface area contributed by atoms with E-state index in [4.69, 9.17) is 0 Å². The third kappa shape index (κ3) is 4.33. The van der Waals surface area contributed by atoms with E-state index in [1.54, 1.807) is 17.8 Å². The smallest absolute Gasteiger partial charge is 0.128 e. The summed E-state index contributed by atoms with van der Waals surface area (Å²) in [5, 5.41) is 3.28. The van der Waals surface area contributed by atoms with Crippen LogP contribution in [0.25, 0.3) is 0 Å². The Morgan fingerprint density at radius 1 is 1.20 bits per heavy atom. The van der Waals surface area contributed by atoms with Gasteiger partial charge in [-0.2, -0.15) is 0 Å². The van der Waals surface area contributed by atoms with Gasteiger partial charge in [0.25, 0.3) is 0 Å². The average Bonchev–Trinajstić information content (AvgIpc) is 2.38. The van der Waals surface area contributed by atoms with Crippen molar-refractivity contribution in [1.82, 2.24) is 5.32 Å². The lowest BCUT2D eigenvalue weighted by Crippen LogP contribution is -2.22. The Hall–Kier alpha value is -0.840. The predicted octanol–water partition coefficient (Wildman–Crippen LogP) is 5.24. The van der Waals surface area contributed by atoms with E-state index >= 15 is 0 Å². The van der Waals surface area contributed by atoms with Crippen LogP contribution in [0.5, 0.6) is 0 Å². The van der Waals surface area contributed by atoms with Crippen molar-refractivity contribution in [3.05, 3.63) is 58.3 Å². The second-order valence-electron chi connectivity index (χ2n) is 4.81. The molecule has 1 N–H and O–H groups in total. The molecule has 0 spiro atoms. The van der Waals surface area contributed by atoms with Crippen molar-refractivity contribution >= 4 is 27.7 Å². The molecule has 0 aliphatic rings.